The fourth-order valence-corrected chi connectivity index (χ4v) is 2.79. The summed E-state index contributed by atoms with van der Waals surface area (Å²) in [5.74, 6) is -0.195. The van der Waals surface area contributed by atoms with Crippen LogP contribution < -0.4 is 5.32 Å². The molecule has 0 spiro atoms. The molecule has 0 saturated heterocycles. The summed E-state index contributed by atoms with van der Waals surface area (Å²) in [5.41, 5.74) is 3.14. The van der Waals surface area contributed by atoms with E-state index in [4.69, 9.17) is 5.11 Å². The Morgan fingerprint density at radius 1 is 1.30 bits per heavy atom. The number of aromatic nitrogens is 2. The predicted molar refractivity (Wildman–Crippen MR) is 78.4 cm³/mol. The second kappa shape index (κ2) is 5.20. The predicted octanol–water partition coefficient (Wildman–Crippen LogP) is 3.17. The van der Waals surface area contributed by atoms with Crippen LogP contribution in [0.15, 0.2) is 29.0 Å². The summed E-state index contributed by atoms with van der Waals surface area (Å²) >= 11 is 3.23. The lowest BCUT2D eigenvalue weighted by Gasteiger charge is -2.10. The number of carboxylic acids is 1. The van der Waals surface area contributed by atoms with Gasteiger partial charge in [0.15, 0.2) is 0 Å². The first kappa shape index (κ1) is 13.1. The normalized spacial score (nSPS) is 13.1. The van der Waals surface area contributed by atoms with E-state index in [9.17, 15) is 4.79 Å². The van der Waals surface area contributed by atoms with Crippen molar-refractivity contribution in [2.45, 2.75) is 19.3 Å². The van der Waals surface area contributed by atoms with Crippen LogP contribution in [-0.4, -0.2) is 21.0 Å². The molecule has 20 heavy (non-hydrogen) atoms. The Morgan fingerprint density at radius 3 is 2.95 bits per heavy atom. The fraction of sp³-hybridized carbons (Fsp3) is 0.214. The average Bonchev–Trinajstić information content (AvgIpc) is 2.90. The van der Waals surface area contributed by atoms with Crippen LogP contribution in [0.1, 0.15) is 28.0 Å². The summed E-state index contributed by atoms with van der Waals surface area (Å²) in [5, 5.41) is 12.3. The van der Waals surface area contributed by atoms with Crippen LogP contribution >= 0.6 is 15.9 Å². The number of hydrogen-bond donors (Lipinski definition) is 2. The lowest BCUT2D eigenvalue weighted by Crippen LogP contribution is -2.03. The number of anilines is 2. The van der Waals surface area contributed by atoms with Gasteiger partial charge in [0.2, 0.25) is 0 Å². The Hall–Kier alpha value is -1.95. The molecule has 3 rings (SSSR count). The van der Waals surface area contributed by atoms with Gasteiger partial charge in [0.1, 0.15) is 12.1 Å². The molecule has 1 aromatic heterocycles. The maximum Gasteiger partial charge on any atom is 0.336 e. The number of carbonyl (C=O) groups is 1. The van der Waals surface area contributed by atoms with Crippen molar-refractivity contribution >= 4 is 33.4 Å². The molecule has 1 aliphatic carbocycles. The summed E-state index contributed by atoms with van der Waals surface area (Å²) in [6.07, 6.45) is 4.57. The molecule has 0 unspecified atom stereocenters. The molecular weight excluding hydrogens is 322 g/mol. The Labute approximate surface area is 124 Å². The number of benzene rings is 1. The van der Waals surface area contributed by atoms with Crippen LogP contribution in [0.2, 0.25) is 0 Å². The monoisotopic (exact) mass is 333 g/mol. The molecule has 1 heterocycles. The zero-order valence-electron chi connectivity index (χ0n) is 10.6. The number of halogens is 1. The van der Waals surface area contributed by atoms with E-state index in [2.05, 4.69) is 31.2 Å². The zero-order chi connectivity index (χ0) is 14.1. The largest absolute Gasteiger partial charge is 0.478 e. The highest BCUT2D eigenvalue weighted by molar-refractivity contribution is 9.10. The number of fused-ring (bicyclic) bond motifs is 1. The highest BCUT2D eigenvalue weighted by Crippen LogP contribution is 2.29. The van der Waals surface area contributed by atoms with E-state index in [1.807, 2.05) is 6.07 Å². The molecule has 6 heteroatoms. The van der Waals surface area contributed by atoms with Crippen molar-refractivity contribution in [1.82, 2.24) is 9.97 Å². The molecule has 0 bridgehead atoms. The third-order valence-corrected chi connectivity index (χ3v) is 4.03. The number of nitrogens with zero attached hydrogens (tertiary/aromatic N) is 2. The molecule has 0 fully saturated rings. The maximum atomic E-state index is 11.1. The van der Waals surface area contributed by atoms with Gasteiger partial charge in [0.25, 0.3) is 0 Å². The van der Waals surface area contributed by atoms with Crippen LogP contribution in [0.5, 0.6) is 0 Å². The molecule has 1 aromatic carbocycles. The minimum atomic E-state index is -0.964. The number of nitrogens with one attached hydrogen (secondary N) is 1. The Morgan fingerprint density at radius 2 is 2.15 bits per heavy atom. The van der Waals surface area contributed by atoms with Gasteiger partial charge in [0, 0.05) is 21.4 Å². The van der Waals surface area contributed by atoms with Crippen molar-refractivity contribution in [1.29, 1.82) is 0 Å². The Balaban J connectivity index is 1.94. The average molecular weight is 334 g/mol. The molecule has 0 amide bonds. The third-order valence-electron chi connectivity index (χ3n) is 3.33. The van der Waals surface area contributed by atoms with E-state index in [1.54, 1.807) is 18.5 Å². The van der Waals surface area contributed by atoms with Crippen molar-refractivity contribution < 1.29 is 9.90 Å². The van der Waals surface area contributed by atoms with Gasteiger partial charge in [-0.2, -0.15) is 0 Å². The van der Waals surface area contributed by atoms with E-state index >= 15 is 0 Å². The molecule has 0 aliphatic heterocycles. The van der Waals surface area contributed by atoms with Crippen molar-refractivity contribution in [3.05, 3.63) is 45.8 Å². The summed E-state index contributed by atoms with van der Waals surface area (Å²) in [4.78, 5) is 19.7. The molecule has 2 N–H and O–H groups in total. The maximum absolute atomic E-state index is 11.1. The second-order valence-corrected chi connectivity index (χ2v) is 5.48. The van der Waals surface area contributed by atoms with Gasteiger partial charge in [0.05, 0.1) is 5.56 Å². The lowest BCUT2D eigenvalue weighted by atomic mass is 10.2. The molecule has 2 aromatic rings. The minimum absolute atomic E-state index is 0.223. The number of hydrogen-bond acceptors (Lipinski definition) is 4. The molecule has 0 radical (unpaired) electrons. The second-order valence-electron chi connectivity index (χ2n) is 4.63. The van der Waals surface area contributed by atoms with E-state index < -0.39 is 5.97 Å². The summed E-state index contributed by atoms with van der Waals surface area (Å²) in [7, 11) is 0. The number of aryl methyl sites for hydroxylation is 1. The van der Waals surface area contributed by atoms with Gasteiger partial charge in [-0.15, -0.1) is 0 Å². The number of aromatic carboxylic acids is 1. The zero-order valence-corrected chi connectivity index (χ0v) is 12.1. The van der Waals surface area contributed by atoms with Crippen molar-refractivity contribution in [3.63, 3.8) is 0 Å². The number of carboxylic acid groups (broad SMARTS) is 1. The van der Waals surface area contributed by atoms with E-state index in [0.29, 0.717) is 10.2 Å². The van der Waals surface area contributed by atoms with E-state index in [-0.39, 0.29) is 5.56 Å². The quantitative estimate of drug-likeness (QED) is 0.902. The van der Waals surface area contributed by atoms with Crippen LogP contribution in [0.3, 0.4) is 0 Å². The van der Waals surface area contributed by atoms with Gasteiger partial charge >= 0.3 is 5.97 Å². The van der Waals surface area contributed by atoms with E-state index in [0.717, 1.165) is 36.3 Å². The molecule has 5 nitrogen and oxygen atoms in total. The molecule has 0 atom stereocenters. The first-order valence-electron chi connectivity index (χ1n) is 6.28. The molecule has 0 saturated carbocycles. The number of rotatable bonds is 3. The minimum Gasteiger partial charge on any atom is -0.478 e. The molecule has 1 aliphatic rings. The SMILES string of the molecule is O=C(O)c1cc(Nc2ncnc3c2CCC3)ccc1Br. The Bertz CT molecular complexity index is 688. The smallest absolute Gasteiger partial charge is 0.336 e. The topological polar surface area (TPSA) is 75.1 Å². The van der Waals surface area contributed by atoms with Gasteiger partial charge in [-0.25, -0.2) is 14.8 Å². The van der Waals surface area contributed by atoms with Gasteiger partial charge < -0.3 is 10.4 Å². The van der Waals surface area contributed by atoms with Crippen LogP contribution in [0.25, 0.3) is 0 Å². The fourth-order valence-electron chi connectivity index (χ4n) is 2.37. The Kier molecular flexibility index (Phi) is 3.40. The van der Waals surface area contributed by atoms with E-state index in [1.165, 1.54) is 0 Å². The van der Waals surface area contributed by atoms with Gasteiger partial charge in [-0.3, -0.25) is 0 Å². The first-order valence-corrected chi connectivity index (χ1v) is 7.07. The van der Waals surface area contributed by atoms with Gasteiger partial charge in [-0.1, -0.05) is 0 Å². The van der Waals surface area contributed by atoms with Crippen molar-refractivity contribution in [2.24, 2.45) is 0 Å². The van der Waals surface area contributed by atoms with Crippen molar-refractivity contribution in [2.75, 3.05) is 5.32 Å². The van der Waals surface area contributed by atoms with Gasteiger partial charge in [-0.05, 0) is 53.4 Å². The summed E-state index contributed by atoms with van der Waals surface area (Å²) < 4.78 is 0.559. The van der Waals surface area contributed by atoms with Crippen molar-refractivity contribution in [3.8, 4) is 0 Å². The highest BCUT2D eigenvalue weighted by atomic mass is 79.9. The summed E-state index contributed by atoms with van der Waals surface area (Å²) in [6.45, 7) is 0. The summed E-state index contributed by atoms with van der Waals surface area (Å²) in [6, 6.07) is 5.13. The van der Waals surface area contributed by atoms with Crippen LogP contribution in [0.4, 0.5) is 11.5 Å². The molecular formula is C14H12BrN3O2. The highest BCUT2D eigenvalue weighted by Gasteiger charge is 2.17. The molecule has 102 valence electrons. The van der Waals surface area contributed by atoms with Crippen LogP contribution in [0, 0.1) is 0 Å². The lowest BCUT2D eigenvalue weighted by molar-refractivity contribution is 0.0696. The third kappa shape index (κ3) is 2.38. The standard InChI is InChI=1S/C14H12BrN3O2/c15-11-5-4-8(6-10(11)14(19)20)18-13-9-2-1-3-12(9)16-7-17-13/h4-7H,1-3H2,(H,19,20)(H,16,17,18). The first-order chi connectivity index (χ1) is 9.65. The van der Waals surface area contributed by atoms with Crippen LogP contribution in [-0.2, 0) is 12.8 Å².